The molecule has 21 heavy (non-hydrogen) atoms. The molecule has 114 valence electrons. The fraction of sp³-hybridized carbons (Fsp3) is 0.467. The molecule has 0 aliphatic carbocycles. The molecule has 0 radical (unpaired) electrons. The van der Waals surface area contributed by atoms with Gasteiger partial charge in [0.1, 0.15) is 18.4 Å². The maximum atomic E-state index is 12.1. The van der Waals surface area contributed by atoms with E-state index >= 15 is 0 Å². The highest BCUT2D eigenvalue weighted by molar-refractivity contribution is 9.10. The minimum absolute atomic E-state index is 0.161. The van der Waals surface area contributed by atoms with Gasteiger partial charge in [0.05, 0.1) is 6.54 Å². The molecule has 1 aliphatic heterocycles. The minimum Gasteiger partial charge on any atom is -0.492 e. The molecule has 1 heterocycles. The van der Waals surface area contributed by atoms with Crippen LogP contribution in [0, 0.1) is 5.92 Å². The van der Waals surface area contributed by atoms with Crippen molar-refractivity contribution in [3.63, 3.8) is 0 Å². The van der Waals surface area contributed by atoms with Crippen molar-refractivity contribution in [2.75, 3.05) is 13.2 Å². The molecule has 1 aromatic carbocycles. The van der Waals surface area contributed by atoms with Crippen LogP contribution in [0.4, 0.5) is 4.79 Å². The van der Waals surface area contributed by atoms with E-state index < -0.39 is 6.04 Å². The predicted molar refractivity (Wildman–Crippen MR) is 83.1 cm³/mol. The van der Waals surface area contributed by atoms with Crippen LogP contribution in [0.25, 0.3) is 0 Å². The SMILES string of the molecule is CC(C)CC1NC(=O)N(CCOc2cccc(Br)c2)C1=O. The molecule has 3 amide bonds. The Morgan fingerprint density at radius 2 is 2.14 bits per heavy atom. The van der Waals surface area contributed by atoms with E-state index in [0.29, 0.717) is 18.1 Å². The number of carbonyl (C=O) groups is 2. The summed E-state index contributed by atoms with van der Waals surface area (Å²) >= 11 is 3.36. The van der Waals surface area contributed by atoms with Crippen molar-refractivity contribution in [2.45, 2.75) is 26.3 Å². The van der Waals surface area contributed by atoms with Crippen LogP contribution in [0.3, 0.4) is 0 Å². The smallest absolute Gasteiger partial charge is 0.324 e. The van der Waals surface area contributed by atoms with Crippen molar-refractivity contribution in [2.24, 2.45) is 5.92 Å². The van der Waals surface area contributed by atoms with Crippen LogP contribution < -0.4 is 10.1 Å². The van der Waals surface area contributed by atoms with Crippen molar-refractivity contribution >= 4 is 27.9 Å². The van der Waals surface area contributed by atoms with Gasteiger partial charge in [0.25, 0.3) is 5.91 Å². The zero-order valence-corrected chi connectivity index (χ0v) is 13.7. The van der Waals surface area contributed by atoms with Gasteiger partial charge in [-0.05, 0) is 30.5 Å². The van der Waals surface area contributed by atoms with Gasteiger partial charge in [-0.1, -0.05) is 35.8 Å². The van der Waals surface area contributed by atoms with E-state index in [1.165, 1.54) is 4.90 Å². The normalized spacial score (nSPS) is 18.3. The first-order chi connectivity index (χ1) is 9.97. The van der Waals surface area contributed by atoms with Gasteiger partial charge in [-0.2, -0.15) is 0 Å². The van der Waals surface area contributed by atoms with Crippen LogP contribution in [0.15, 0.2) is 28.7 Å². The number of imide groups is 1. The van der Waals surface area contributed by atoms with Gasteiger partial charge < -0.3 is 10.1 Å². The van der Waals surface area contributed by atoms with Crippen molar-refractivity contribution in [1.29, 1.82) is 0 Å². The van der Waals surface area contributed by atoms with E-state index in [4.69, 9.17) is 4.74 Å². The molecule has 1 aromatic rings. The first kappa shape index (κ1) is 15.8. The van der Waals surface area contributed by atoms with Gasteiger partial charge in [-0.3, -0.25) is 9.69 Å². The molecule has 1 N–H and O–H groups in total. The standard InChI is InChI=1S/C15H19BrN2O3/c1-10(2)8-13-14(19)18(15(20)17-13)6-7-21-12-5-3-4-11(16)9-12/h3-5,9-10,13H,6-8H2,1-2H3,(H,17,20). The Hall–Kier alpha value is -1.56. The molecule has 6 heteroatoms. The monoisotopic (exact) mass is 354 g/mol. The number of benzene rings is 1. The summed E-state index contributed by atoms with van der Waals surface area (Å²) in [5.74, 6) is 0.902. The van der Waals surface area contributed by atoms with E-state index in [1.807, 2.05) is 38.1 Å². The van der Waals surface area contributed by atoms with E-state index in [9.17, 15) is 9.59 Å². The average molecular weight is 355 g/mol. The summed E-state index contributed by atoms with van der Waals surface area (Å²) in [7, 11) is 0. The van der Waals surface area contributed by atoms with Crippen LogP contribution in [0.2, 0.25) is 0 Å². The number of hydrogen-bond donors (Lipinski definition) is 1. The van der Waals surface area contributed by atoms with Crippen molar-refractivity contribution < 1.29 is 14.3 Å². The summed E-state index contributed by atoms with van der Waals surface area (Å²) < 4.78 is 6.48. The minimum atomic E-state index is -0.400. The second-order valence-corrected chi connectivity index (χ2v) is 6.34. The molecule has 1 atom stereocenters. The summed E-state index contributed by atoms with van der Waals surface area (Å²) in [6.45, 7) is 4.59. The van der Waals surface area contributed by atoms with Gasteiger partial charge >= 0.3 is 6.03 Å². The Morgan fingerprint density at radius 1 is 1.38 bits per heavy atom. The highest BCUT2D eigenvalue weighted by Gasteiger charge is 2.37. The molecule has 0 spiro atoms. The Morgan fingerprint density at radius 3 is 2.81 bits per heavy atom. The van der Waals surface area contributed by atoms with E-state index in [2.05, 4.69) is 21.2 Å². The molecule has 1 saturated heterocycles. The first-order valence-electron chi connectivity index (χ1n) is 6.97. The summed E-state index contributed by atoms with van der Waals surface area (Å²) in [5.41, 5.74) is 0. The van der Waals surface area contributed by atoms with E-state index in [0.717, 1.165) is 4.47 Å². The molecule has 0 aromatic heterocycles. The molecule has 5 nitrogen and oxygen atoms in total. The lowest BCUT2D eigenvalue weighted by molar-refractivity contribution is -0.128. The summed E-state index contributed by atoms with van der Waals surface area (Å²) in [5, 5.41) is 2.72. The van der Waals surface area contributed by atoms with Gasteiger partial charge in [-0.15, -0.1) is 0 Å². The number of amides is 3. The van der Waals surface area contributed by atoms with Gasteiger partial charge in [0, 0.05) is 4.47 Å². The lowest BCUT2D eigenvalue weighted by Crippen LogP contribution is -2.35. The summed E-state index contributed by atoms with van der Waals surface area (Å²) in [6.07, 6.45) is 0.660. The predicted octanol–water partition coefficient (Wildman–Crippen LogP) is 2.79. The van der Waals surface area contributed by atoms with Crippen LogP contribution in [0.5, 0.6) is 5.75 Å². The number of nitrogens with zero attached hydrogens (tertiary/aromatic N) is 1. The maximum absolute atomic E-state index is 12.1. The highest BCUT2D eigenvalue weighted by Crippen LogP contribution is 2.18. The largest absolute Gasteiger partial charge is 0.492 e. The van der Waals surface area contributed by atoms with Crippen LogP contribution >= 0.6 is 15.9 Å². The molecular formula is C15H19BrN2O3. The van der Waals surface area contributed by atoms with Crippen LogP contribution in [-0.2, 0) is 4.79 Å². The third kappa shape index (κ3) is 4.20. The van der Waals surface area contributed by atoms with Crippen molar-refractivity contribution in [3.8, 4) is 5.75 Å². The fourth-order valence-corrected chi connectivity index (χ4v) is 2.61. The number of carbonyl (C=O) groups excluding carboxylic acids is 2. The molecule has 1 fully saturated rings. The molecular weight excluding hydrogens is 336 g/mol. The zero-order chi connectivity index (χ0) is 15.4. The second-order valence-electron chi connectivity index (χ2n) is 5.43. The molecule has 1 unspecified atom stereocenters. The van der Waals surface area contributed by atoms with Crippen LogP contribution in [-0.4, -0.2) is 36.0 Å². The number of hydrogen-bond acceptors (Lipinski definition) is 3. The summed E-state index contributed by atoms with van der Waals surface area (Å²) in [6, 6.07) is 6.71. The average Bonchev–Trinajstić information content (AvgIpc) is 2.65. The van der Waals surface area contributed by atoms with Crippen LogP contribution in [0.1, 0.15) is 20.3 Å². The van der Waals surface area contributed by atoms with E-state index in [-0.39, 0.29) is 25.1 Å². The molecule has 0 bridgehead atoms. The molecule has 0 saturated carbocycles. The quantitative estimate of drug-likeness (QED) is 0.799. The Balaban J connectivity index is 1.85. The van der Waals surface area contributed by atoms with Gasteiger partial charge in [0.15, 0.2) is 0 Å². The zero-order valence-electron chi connectivity index (χ0n) is 12.1. The highest BCUT2D eigenvalue weighted by atomic mass is 79.9. The van der Waals surface area contributed by atoms with E-state index in [1.54, 1.807) is 0 Å². The van der Waals surface area contributed by atoms with Crippen molar-refractivity contribution in [1.82, 2.24) is 10.2 Å². The second kappa shape index (κ2) is 6.93. The Bertz CT molecular complexity index is 533. The summed E-state index contributed by atoms with van der Waals surface area (Å²) in [4.78, 5) is 25.2. The topological polar surface area (TPSA) is 58.6 Å². The molecule has 2 rings (SSSR count). The number of urea groups is 1. The first-order valence-corrected chi connectivity index (χ1v) is 7.77. The lowest BCUT2D eigenvalue weighted by atomic mass is 10.0. The fourth-order valence-electron chi connectivity index (χ4n) is 2.23. The Kier molecular flexibility index (Phi) is 5.22. The van der Waals surface area contributed by atoms with Crippen molar-refractivity contribution in [3.05, 3.63) is 28.7 Å². The van der Waals surface area contributed by atoms with Gasteiger partial charge in [0.2, 0.25) is 0 Å². The van der Waals surface area contributed by atoms with Gasteiger partial charge in [-0.25, -0.2) is 4.79 Å². The third-order valence-corrected chi connectivity index (χ3v) is 3.69. The number of nitrogens with one attached hydrogen (secondary N) is 1. The molecule has 1 aliphatic rings. The number of ether oxygens (including phenoxy) is 1. The third-order valence-electron chi connectivity index (χ3n) is 3.19. The maximum Gasteiger partial charge on any atom is 0.324 e. The number of halogens is 1. The number of rotatable bonds is 6. The Labute approximate surface area is 132 Å². The lowest BCUT2D eigenvalue weighted by Gasteiger charge is -2.14.